The third-order valence-electron chi connectivity index (χ3n) is 5.82. The number of carbonyl (C=O) groups is 1. The zero-order valence-electron chi connectivity index (χ0n) is 19.5. The molecular formula is C28H28ClNO3. The number of fused-ring (bicyclic) bond motifs is 1. The summed E-state index contributed by atoms with van der Waals surface area (Å²) < 4.78 is 7.96. The van der Waals surface area contributed by atoms with E-state index in [2.05, 4.69) is 34.6 Å². The Balaban J connectivity index is 1.94. The van der Waals surface area contributed by atoms with Crippen LogP contribution in [0.4, 0.5) is 0 Å². The molecule has 3 aromatic carbocycles. The summed E-state index contributed by atoms with van der Waals surface area (Å²) in [7, 11) is 0. The van der Waals surface area contributed by atoms with Gasteiger partial charge in [-0.3, -0.25) is 0 Å². The van der Waals surface area contributed by atoms with Gasteiger partial charge in [0.2, 0.25) is 0 Å². The average molecular weight is 462 g/mol. The van der Waals surface area contributed by atoms with Gasteiger partial charge in [-0.05, 0) is 64.9 Å². The van der Waals surface area contributed by atoms with Crippen LogP contribution < -0.4 is 4.74 Å². The van der Waals surface area contributed by atoms with E-state index in [-0.39, 0.29) is 11.1 Å². The summed E-state index contributed by atoms with van der Waals surface area (Å²) in [5, 5.41) is 11.5. The highest BCUT2D eigenvalue weighted by atomic mass is 35.5. The van der Waals surface area contributed by atoms with Gasteiger partial charge in [0.25, 0.3) is 0 Å². The number of hydrogen-bond donors (Lipinski definition) is 1. The number of nitrogens with zero attached hydrogens (tertiary/aromatic N) is 1. The van der Waals surface area contributed by atoms with Gasteiger partial charge in [-0.1, -0.05) is 70.5 Å². The summed E-state index contributed by atoms with van der Waals surface area (Å²) in [6, 6.07) is 21.0. The lowest BCUT2D eigenvalue weighted by Gasteiger charge is -2.19. The van der Waals surface area contributed by atoms with E-state index in [1.807, 2.05) is 54.6 Å². The van der Waals surface area contributed by atoms with Crippen molar-refractivity contribution in [1.29, 1.82) is 0 Å². The van der Waals surface area contributed by atoms with Crippen LogP contribution in [0.15, 0.2) is 66.7 Å². The Morgan fingerprint density at radius 2 is 1.70 bits per heavy atom. The fourth-order valence-electron chi connectivity index (χ4n) is 3.96. The van der Waals surface area contributed by atoms with E-state index in [1.54, 1.807) is 16.7 Å². The molecule has 0 aliphatic carbocycles. The molecule has 0 aliphatic rings. The van der Waals surface area contributed by atoms with Crippen molar-refractivity contribution in [2.75, 3.05) is 0 Å². The second-order valence-electron chi connectivity index (χ2n) is 9.61. The highest BCUT2D eigenvalue weighted by Crippen LogP contribution is 2.40. The van der Waals surface area contributed by atoms with Gasteiger partial charge in [0.05, 0.1) is 5.52 Å². The van der Waals surface area contributed by atoms with Crippen molar-refractivity contribution in [2.24, 2.45) is 0 Å². The molecule has 0 spiro atoms. The van der Waals surface area contributed by atoms with Gasteiger partial charge in [-0.25, -0.2) is 4.79 Å². The topological polar surface area (TPSA) is 51.5 Å². The van der Waals surface area contributed by atoms with Crippen LogP contribution in [-0.2, 0) is 5.41 Å². The van der Waals surface area contributed by atoms with E-state index < -0.39 is 5.97 Å². The normalized spacial score (nSPS) is 11.8. The summed E-state index contributed by atoms with van der Waals surface area (Å²) >= 11 is 6.32. The SMILES string of the molecule is CC(C)c1cccc(Oc2c(C(=O)O)n(-c3ccc(C(C)(C)C)cc3)c3cc(Cl)ccc23)c1. The van der Waals surface area contributed by atoms with Crippen molar-refractivity contribution in [3.05, 3.63) is 88.6 Å². The van der Waals surface area contributed by atoms with Crippen LogP contribution in [0.2, 0.25) is 5.02 Å². The summed E-state index contributed by atoms with van der Waals surface area (Å²) in [6.45, 7) is 10.7. The first-order valence-electron chi connectivity index (χ1n) is 11.0. The van der Waals surface area contributed by atoms with Crippen LogP contribution in [0.5, 0.6) is 11.5 Å². The van der Waals surface area contributed by atoms with E-state index in [4.69, 9.17) is 16.3 Å². The fourth-order valence-corrected chi connectivity index (χ4v) is 4.13. The summed E-state index contributed by atoms with van der Waals surface area (Å²) in [5.74, 6) is 0.155. The largest absolute Gasteiger partial charge is 0.476 e. The number of benzene rings is 3. The maximum Gasteiger partial charge on any atom is 0.356 e. The number of halogens is 1. The minimum absolute atomic E-state index is 0.00801. The van der Waals surface area contributed by atoms with E-state index in [0.717, 1.165) is 11.3 Å². The molecule has 0 aliphatic heterocycles. The predicted molar refractivity (Wildman–Crippen MR) is 135 cm³/mol. The number of aromatic nitrogens is 1. The number of rotatable bonds is 5. The molecular weight excluding hydrogens is 434 g/mol. The fraction of sp³-hybridized carbons (Fsp3) is 0.250. The van der Waals surface area contributed by atoms with Crippen molar-refractivity contribution in [3.8, 4) is 17.2 Å². The molecule has 0 saturated heterocycles. The third kappa shape index (κ3) is 4.49. The molecule has 1 aromatic heterocycles. The van der Waals surface area contributed by atoms with Crippen molar-refractivity contribution in [1.82, 2.24) is 4.57 Å². The first-order valence-corrected chi connectivity index (χ1v) is 11.4. The van der Waals surface area contributed by atoms with Crippen LogP contribution in [-0.4, -0.2) is 15.6 Å². The maximum atomic E-state index is 12.5. The van der Waals surface area contributed by atoms with Crippen LogP contribution in [0, 0.1) is 0 Å². The van der Waals surface area contributed by atoms with Gasteiger partial charge in [0.1, 0.15) is 5.75 Å². The minimum Gasteiger partial charge on any atom is -0.476 e. The third-order valence-corrected chi connectivity index (χ3v) is 6.06. The molecule has 0 bridgehead atoms. The van der Waals surface area contributed by atoms with E-state index >= 15 is 0 Å². The number of aromatic carboxylic acids is 1. The molecule has 33 heavy (non-hydrogen) atoms. The second-order valence-corrected chi connectivity index (χ2v) is 10.0. The molecule has 0 saturated carbocycles. The average Bonchev–Trinajstić information content (AvgIpc) is 3.06. The Labute approximate surface area is 199 Å². The second kappa shape index (κ2) is 8.60. The smallest absolute Gasteiger partial charge is 0.356 e. The number of ether oxygens (including phenoxy) is 1. The zero-order chi connectivity index (χ0) is 23.9. The van der Waals surface area contributed by atoms with Crippen LogP contribution in [0.3, 0.4) is 0 Å². The lowest BCUT2D eigenvalue weighted by Crippen LogP contribution is -2.12. The van der Waals surface area contributed by atoms with Crippen LogP contribution >= 0.6 is 11.6 Å². The van der Waals surface area contributed by atoms with E-state index in [9.17, 15) is 9.90 Å². The highest BCUT2D eigenvalue weighted by Gasteiger charge is 2.26. The molecule has 4 nitrogen and oxygen atoms in total. The number of carboxylic acid groups (broad SMARTS) is 1. The van der Waals surface area contributed by atoms with Crippen molar-refractivity contribution in [2.45, 2.75) is 46.0 Å². The quantitative estimate of drug-likeness (QED) is 0.326. The first-order chi connectivity index (χ1) is 15.6. The Morgan fingerprint density at radius 1 is 1.00 bits per heavy atom. The van der Waals surface area contributed by atoms with Crippen molar-refractivity contribution in [3.63, 3.8) is 0 Å². The van der Waals surface area contributed by atoms with E-state index in [1.165, 1.54) is 5.56 Å². The Morgan fingerprint density at radius 3 is 2.30 bits per heavy atom. The summed E-state index contributed by atoms with van der Waals surface area (Å²) in [5.41, 5.74) is 3.75. The van der Waals surface area contributed by atoms with Gasteiger partial charge >= 0.3 is 5.97 Å². The molecule has 0 radical (unpaired) electrons. The first kappa shape index (κ1) is 22.9. The van der Waals surface area contributed by atoms with Gasteiger partial charge in [-0.15, -0.1) is 0 Å². The molecule has 4 aromatic rings. The molecule has 170 valence electrons. The zero-order valence-corrected chi connectivity index (χ0v) is 20.3. The lowest BCUT2D eigenvalue weighted by atomic mass is 9.87. The van der Waals surface area contributed by atoms with Crippen molar-refractivity contribution < 1.29 is 14.6 Å². The minimum atomic E-state index is -1.07. The number of carboxylic acids is 1. The number of hydrogen-bond acceptors (Lipinski definition) is 2. The summed E-state index contributed by atoms with van der Waals surface area (Å²) in [6.07, 6.45) is 0. The Kier molecular flexibility index (Phi) is 5.98. The summed E-state index contributed by atoms with van der Waals surface area (Å²) in [4.78, 5) is 12.5. The molecule has 1 N–H and O–H groups in total. The molecule has 0 fully saturated rings. The van der Waals surface area contributed by atoms with Gasteiger partial charge in [0.15, 0.2) is 11.4 Å². The molecule has 1 heterocycles. The van der Waals surface area contributed by atoms with E-state index in [0.29, 0.717) is 33.3 Å². The maximum absolute atomic E-state index is 12.5. The molecule has 0 atom stereocenters. The van der Waals surface area contributed by atoms with Crippen molar-refractivity contribution >= 4 is 28.5 Å². The van der Waals surface area contributed by atoms with Gasteiger partial charge in [-0.2, -0.15) is 0 Å². The van der Waals surface area contributed by atoms with Gasteiger partial charge in [0, 0.05) is 16.1 Å². The van der Waals surface area contributed by atoms with Gasteiger partial charge < -0.3 is 14.4 Å². The molecule has 0 unspecified atom stereocenters. The molecule has 5 heteroatoms. The van der Waals surface area contributed by atoms with Crippen LogP contribution in [0.25, 0.3) is 16.6 Å². The van der Waals surface area contributed by atoms with Crippen LogP contribution in [0.1, 0.15) is 62.2 Å². The predicted octanol–water partition coefficient (Wildman–Crippen LogP) is 8.20. The Hall–Kier alpha value is -3.24. The highest BCUT2D eigenvalue weighted by molar-refractivity contribution is 6.31. The standard InChI is InChI=1S/C28H28ClNO3/c1-17(2)18-7-6-8-22(15-18)33-26-23-14-11-20(29)16-24(23)30(25(26)27(31)32)21-12-9-19(10-13-21)28(3,4)5/h6-17H,1-5H3,(H,31,32). The molecule has 4 rings (SSSR count). The Bertz CT molecular complexity index is 1330. The lowest BCUT2D eigenvalue weighted by molar-refractivity contribution is 0.0686. The molecule has 0 amide bonds. The monoisotopic (exact) mass is 461 g/mol.